The molecule has 0 fully saturated rings. The van der Waals surface area contributed by atoms with Crippen molar-refractivity contribution < 1.29 is 9.90 Å². The second kappa shape index (κ2) is 6.10. The summed E-state index contributed by atoms with van der Waals surface area (Å²) >= 11 is 0. The number of carbonyl (C=O) groups is 1. The fourth-order valence-corrected chi connectivity index (χ4v) is 1.31. The van der Waals surface area contributed by atoms with Gasteiger partial charge in [-0.3, -0.25) is 4.79 Å². The summed E-state index contributed by atoms with van der Waals surface area (Å²) in [6.45, 7) is 2.48. The van der Waals surface area contributed by atoms with Crippen LogP contribution in [0.2, 0.25) is 0 Å². The molecule has 0 aliphatic heterocycles. The predicted molar refractivity (Wildman–Crippen MR) is 53.3 cm³/mol. The Morgan fingerprint density at radius 1 is 1.47 bits per heavy atom. The van der Waals surface area contributed by atoms with Gasteiger partial charge in [0.1, 0.15) is 0 Å². The molecule has 84 valence electrons. The van der Waals surface area contributed by atoms with Crippen molar-refractivity contribution in [3.8, 4) is 0 Å². The maximum absolute atomic E-state index is 10.4. The van der Waals surface area contributed by atoms with Crippen LogP contribution in [0.1, 0.15) is 38.4 Å². The van der Waals surface area contributed by atoms with Crippen molar-refractivity contribution in [2.45, 2.75) is 45.6 Å². The van der Waals surface area contributed by atoms with E-state index in [1.165, 1.54) is 0 Å². The molecule has 1 rings (SSSR count). The fraction of sp³-hybridized carbons (Fsp3) is 0.778. The lowest BCUT2D eigenvalue weighted by Gasteiger charge is -2.01. The van der Waals surface area contributed by atoms with Crippen molar-refractivity contribution in [2.24, 2.45) is 0 Å². The Hall–Kier alpha value is -1.46. The Morgan fingerprint density at radius 2 is 2.27 bits per heavy atom. The topological polar surface area (TPSA) is 80.9 Å². The van der Waals surface area contributed by atoms with Crippen molar-refractivity contribution in [1.29, 1.82) is 0 Å². The molecule has 0 aliphatic carbocycles. The van der Waals surface area contributed by atoms with Gasteiger partial charge in [-0.2, -0.15) is 0 Å². The van der Waals surface area contributed by atoms with Gasteiger partial charge >= 0.3 is 5.97 Å². The fourth-order valence-electron chi connectivity index (χ4n) is 1.31. The van der Waals surface area contributed by atoms with E-state index in [4.69, 9.17) is 5.11 Å². The molecule has 0 spiro atoms. The zero-order valence-electron chi connectivity index (χ0n) is 8.89. The summed E-state index contributed by atoms with van der Waals surface area (Å²) in [5, 5.41) is 19.7. The molecule has 0 aliphatic rings. The molecule has 0 radical (unpaired) electrons. The van der Waals surface area contributed by atoms with Crippen LogP contribution in [0.15, 0.2) is 0 Å². The first-order valence-electron chi connectivity index (χ1n) is 5.21. The second-order valence-corrected chi connectivity index (χ2v) is 3.42. The summed E-state index contributed by atoms with van der Waals surface area (Å²) in [5.41, 5.74) is 0. The van der Waals surface area contributed by atoms with Gasteiger partial charge in [0.05, 0.1) is 13.0 Å². The molecule has 0 saturated heterocycles. The highest BCUT2D eigenvalue weighted by molar-refractivity contribution is 5.66. The number of aliphatic carboxylic acids is 1. The third kappa shape index (κ3) is 4.05. The van der Waals surface area contributed by atoms with Gasteiger partial charge in [0, 0.05) is 6.42 Å². The molecule has 6 nitrogen and oxygen atoms in total. The van der Waals surface area contributed by atoms with Crippen LogP contribution < -0.4 is 0 Å². The first-order chi connectivity index (χ1) is 7.24. The van der Waals surface area contributed by atoms with Gasteiger partial charge < -0.3 is 5.11 Å². The summed E-state index contributed by atoms with van der Waals surface area (Å²) in [6.07, 6.45) is 4.22. The molecule has 6 heteroatoms. The number of aryl methyl sites for hydroxylation is 2. The van der Waals surface area contributed by atoms with Gasteiger partial charge in [0.2, 0.25) is 0 Å². The number of rotatable bonds is 7. The highest BCUT2D eigenvalue weighted by Crippen LogP contribution is 2.03. The number of tetrazole rings is 1. The van der Waals surface area contributed by atoms with Gasteiger partial charge in [-0.05, 0) is 16.8 Å². The first-order valence-corrected chi connectivity index (χ1v) is 5.21. The quantitative estimate of drug-likeness (QED) is 0.678. The average Bonchev–Trinajstić information content (AvgIpc) is 2.63. The van der Waals surface area contributed by atoms with E-state index < -0.39 is 5.97 Å². The Bertz CT molecular complexity index is 311. The van der Waals surface area contributed by atoms with E-state index in [0.29, 0.717) is 6.54 Å². The van der Waals surface area contributed by atoms with Gasteiger partial charge in [-0.25, -0.2) is 4.68 Å². The Labute approximate surface area is 88.3 Å². The molecule has 15 heavy (non-hydrogen) atoms. The first kappa shape index (κ1) is 11.6. The minimum absolute atomic E-state index is 0.0613. The lowest BCUT2D eigenvalue weighted by atomic mass is 10.2. The third-order valence-corrected chi connectivity index (χ3v) is 2.15. The number of carboxylic acid groups (broad SMARTS) is 1. The van der Waals surface area contributed by atoms with E-state index >= 15 is 0 Å². The number of carboxylic acids is 1. The molecule has 1 heterocycles. The summed E-state index contributed by atoms with van der Waals surface area (Å²) < 4.78 is 1.57. The van der Waals surface area contributed by atoms with E-state index in [1.807, 2.05) is 0 Å². The SMILES string of the molecule is CCCCCc1nnnn1CCC(=O)O. The predicted octanol–water partition coefficient (Wildman–Crippen LogP) is 0.880. The van der Waals surface area contributed by atoms with Crippen LogP contribution in [-0.4, -0.2) is 31.3 Å². The second-order valence-electron chi connectivity index (χ2n) is 3.42. The van der Waals surface area contributed by atoms with E-state index in [-0.39, 0.29) is 6.42 Å². The highest BCUT2D eigenvalue weighted by atomic mass is 16.4. The molecule has 0 aromatic carbocycles. The summed E-state index contributed by atoms with van der Waals surface area (Å²) in [6, 6.07) is 0. The van der Waals surface area contributed by atoms with Crippen molar-refractivity contribution in [3.63, 3.8) is 0 Å². The molecular weight excluding hydrogens is 196 g/mol. The summed E-state index contributed by atoms with van der Waals surface area (Å²) in [7, 11) is 0. The van der Waals surface area contributed by atoms with Crippen LogP contribution in [0.4, 0.5) is 0 Å². The minimum atomic E-state index is -0.829. The van der Waals surface area contributed by atoms with Gasteiger partial charge in [0.25, 0.3) is 0 Å². The van der Waals surface area contributed by atoms with Gasteiger partial charge in [0.15, 0.2) is 5.82 Å². The molecule has 1 aromatic heterocycles. The molecule has 1 aromatic rings. The van der Waals surface area contributed by atoms with Crippen LogP contribution in [0, 0.1) is 0 Å². The number of hydrogen-bond donors (Lipinski definition) is 1. The molecule has 0 atom stereocenters. The van der Waals surface area contributed by atoms with Crippen LogP contribution in [0.5, 0.6) is 0 Å². The summed E-state index contributed by atoms with van der Waals surface area (Å²) in [5.74, 6) is -0.0466. The molecule has 0 amide bonds. The maximum atomic E-state index is 10.4. The number of hydrogen-bond acceptors (Lipinski definition) is 4. The number of aromatic nitrogens is 4. The Balaban J connectivity index is 2.42. The zero-order chi connectivity index (χ0) is 11.1. The van der Waals surface area contributed by atoms with Crippen LogP contribution in [0.25, 0.3) is 0 Å². The van der Waals surface area contributed by atoms with Crippen LogP contribution in [0.3, 0.4) is 0 Å². The number of nitrogens with zero attached hydrogens (tertiary/aromatic N) is 4. The minimum Gasteiger partial charge on any atom is -0.481 e. The van der Waals surface area contributed by atoms with Crippen molar-refractivity contribution in [1.82, 2.24) is 20.2 Å². The average molecular weight is 212 g/mol. The largest absolute Gasteiger partial charge is 0.481 e. The van der Waals surface area contributed by atoms with Crippen LogP contribution >= 0.6 is 0 Å². The van der Waals surface area contributed by atoms with E-state index in [9.17, 15) is 4.79 Å². The number of unbranched alkanes of at least 4 members (excludes halogenated alkanes) is 2. The van der Waals surface area contributed by atoms with Gasteiger partial charge in [-0.1, -0.05) is 19.8 Å². The third-order valence-electron chi connectivity index (χ3n) is 2.15. The molecular formula is C9H16N4O2. The standard InChI is InChI=1S/C9H16N4O2/c1-2-3-4-5-8-10-11-12-13(8)7-6-9(14)15/h2-7H2,1H3,(H,14,15). The molecule has 0 bridgehead atoms. The lowest BCUT2D eigenvalue weighted by molar-refractivity contribution is -0.137. The van der Waals surface area contributed by atoms with E-state index in [0.717, 1.165) is 31.5 Å². The smallest absolute Gasteiger partial charge is 0.305 e. The summed E-state index contributed by atoms with van der Waals surface area (Å²) in [4.78, 5) is 10.4. The van der Waals surface area contributed by atoms with E-state index in [2.05, 4.69) is 22.4 Å². The molecule has 1 N–H and O–H groups in total. The Morgan fingerprint density at radius 3 is 2.93 bits per heavy atom. The van der Waals surface area contributed by atoms with Crippen LogP contribution in [-0.2, 0) is 17.8 Å². The normalized spacial score (nSPS) is 10.5. The highest BCUT2D eigenvalue weighted by Gasteiger charge is 2.06. The molecule has 0 saturated carbocycles. The monoisotopic (exact) mass is 212 g/mol. The maximum Gasteiger partial charge on any atom is 0.305 e. The Kier molecular flexibility index (Phi) is 4.73. The van der Waals surface area contributed by atoms with Crippen molar-refractivity contribution >= 4 is 5.97 Å². The molecule has 0 unspecified atom stereocenters. The lowest BCUT2D eigenvalue weighted by Crippen LogP contribution is -2.09. The van der Waals surface area contributed by atoms with Crippen molar-refractivity contribution in [2.75, 3.05) is 0 Å². The van der Waals surface area contributed by atoms with Gasteiger partial charge in [-0.15, -0.1) is 5.10 Å². The van der Waals surface area contributed by atoms with Crippen molar-refractivity contribution in [3.05, 3.63) is 5.82 Å². The zero-order valence-corrected chi connectivity index (χ0v) is 8.89. The van der Waals surface area contributed by atoms with E-state index in [1.54, 1.807) is 4.68 Å².